The second kappa shape index (κ2) is 8.77. The monoisotopic (exact) mass is 462 g/mol. The predicted molar refractivity (Wildman–Crippen MR) is 140 cm³/mol. The summed E-state index contributed by atoms with van der Waals surface area (Å²) in [6.07, 6.45) is 4.06. The van der Waals surface area contributed by atoms with E-state index in [1.165, 1.54) is 16.5 Å². The number of aromatic nitrogens is 1. The summed E-state index contributed by atoms with van der Waals surface area (Å²) in [5, 5.41) is 1.17. The molecule has 0 radical (unpaired) electrons. The minimum atomic E-state index is -0.0923. The summed E-state index contributed by atoms with van der Waals surface area (Å²) in [5.41, 5.74) is 7.91. The highest BCUT2D eigenvalue weighted by atomic mass is 16.5. The molecule has 0 bridgehead atoms. The molecule has 1 aromatic heterocycles. The second-order valence-electron chi connectivity index (χ2n) is 9.60. The van der Waals surface area contributed by atoms with Crippen LogP contribution in [0.5, 0.6) is 5.75 Å². The number of rotatable bonds is 5. The lowest BCUT2D eigenvalue weighted by Crippen LogP contribution is -2.33. The van der Waals surface area contributed by atoms with Crippen molar-refractivity contribution in [3.63, 3.8) is 0 Å². The van der Waals surface area contributed by atoms with E-state index in [4.69, 9.17) is 4.74 Å². The summed E-state index contributed by atoms with van der Waals surface area (Å²) in [7, 11) is 1.70. The van der Waals surface area contributed by atoms with Crippen LogP contribution in [0.25, 0.3) is 22.2 Å². The van der Waals surface area contributed by atoms with E-state index in [1.54, 1.807) is 7.11 Å². The van der Waals surface area contributed by atoms with Crippen LogP contribution in [0.4, 0.5) is 0 Å². The van der Waals surface area contributed by atoms with E-state index in [0.29, 0.717) is 0 Å². The van der Waals surface area contributed by atoms with Crippen LogP contribution in [-0.4, -0.2) is 22.9 Å². The summed E-state index contributed by atoms with van der Waals surface area (Å²) in [4.78, 5) is 19.8. The van der Waals surface area contributed by atoms with E-state index in [2.05, 4.69) is 77.5 Å². The summed E-state index contributed by atoms with van der Waals surface area (Å²) in [5.74, 6) is 1.02. The molecule has 1 aliphatic heterocycles. The molecule has 2 unspecified atom stereocenters. The first-order chi connectivity index (χ1) is 17.2. The van der Waals surface area contributed by atoms with Crippen LogP contribution in [0.2, 0.25) is 0 Å². The SMILES string of the molecule is COc1cccc(-c2[nH]c3ccccc3c2C2C3=C(CCCC3)C(=O)N2C(C)c2ccccc2)c1. The van der Waals surface area contributed by atoms with Crippen molar-refractivity contribution in [3.8, 4) is 17.0 Å². The zero-order chi connectivity index (χ0) is 23.9. The molecule has 0 saturated carbocycles. The third-order valence-electron chi connectivity index (χ3n) is 7.69. The number of fused-ring (bicyclic) bond motifs is 1. The number of methoxy groups -OCH3 is 1. The largest absolute Gasteiger partial charge is 0.497 e. The molecule has 1 N–H and O–H groups in total. The normalized spacial score (nSPS) is 18.7. The first-order valence-electron chi connectivity index (χ1n) is 12.5. The number of para-hydroxylation sites is 1. The zero-order valence-corrected chi connectivity index (χ0v) is 20.3. The van der Waals surface area contributed by atoms with E-state index in [9.17, 15) is 4.79 Å². The number of carbonyl (C=O) groups is 1. The maximum absolute atomic E-state index is 14.0. The van der Waals surface area contributed by atoms with Gasteiger partial charge in [0.05, 0.1) is 24.9 Å². The molecule has 0 spiro atoms. The van der Waals surface area contributed by atoms with Crippen molar-refractivity contribution in [3.05, 3.63) is 101 Å². The van der Waals surface area contributed by atoms with E-state index >= 15 is 0 Å². The number of aromatic amines is 1. The maximum atomic E-state index is 14.0. The van der Waals surface area contributed by atoms with Crippen LogP contribution in [0.3, 0.4) is 0 Å². The molecular formula is C31H30N2O2. The number of benzene rings is 3. The Morgan fingerprint density at radius 3 is 2.54 bits per heavy atom. The van der Waals surface area contributed by atoms with Crippen molar-refractivity contribution in [1.82, 2.24) is 9.88 Å². The Balaban J connectivity index is 1.60. The molecule has 0 fully saturated rings. The van der Waals surface area contributed by atoms with Crippen LogP contribution in [-0.2, 0) is 4.79 Å². The second-order valence-corrected chi connectivity index (χ2v) is 9.60. The first-order valence-corrected chi connectivity index (χ1v) is 12.5. The Bertz CT molecular complexity index is 1430. The molecule has 6 rings (SSSR count). The third kappa shape index (κ3) is 3.56. The number of hydrogen-bond donors (Lipinski definition) is 1. The Morgan fingerprint density at radius 2 is 1.71 bits per heavy atom. The highest BCUT2D eigenvalue weighted by Gasteiger charge is 2.44. The topological polar surface area (TPSA) is 45.3 Å². The average Bonchev–Trinajstić information content (AvgIpc) is 3.44. The van der Waals surface area contributed by atoms with Crippen LogP contribution in [0.15, 0.2) is 90.0 Å². The van der Waals surface area contributed by atoms with Crippen LogP contribution >= 0.6 is 0 Å². The quantitative estimate of drug-likeness (QED) is 0.337. The lowest BCUT2D eigenvalue weighted by molar-refractivity contribution is -0.129. The van der Waals surface area contributed by atoms with Crippen molar-refractivity contribution in [1.29, 1.82) is 0 Å². The summed E-state index contributed by atoms with van der Waals surface area (Å²) < 4.78 is 5.55. The van der Waals surface area contributed by atoms with Gasteiger partial charge in [0.1, 0.15) is 5.75 Å². The smallest absolute Gasteiger partial charge is 0.251 e. The van der Waals surface area contributed by atoms with Crippen molar-refractivity contribution in [2.75, 3.05) is 7.11 Å². The number of hydrogen-bond acceptors (Lipinski definition) is 2. The van der Waals surface area contributed by atoms with Gasteiger partial charge in [-0.05, 0) is 61.9 Å². The number of amides is 1. The molecule has 1 amide bonds. The zero-order valence-electron chi connectivity index (χ0n) is 20.3. The van der Waals surface area contributed by atoms with Gasteiger partial charge in [-0.2, -0.15) is 0 Å². The molecule has 3 aromatic carbocycles. The van der Waals surface area contributed by atoms with Gasteiger partial charge in [-0.1, -0.05) is 60.7 Å². The number of ether oxygens (including phenoxy) is 1. The van der Waals surface area contributed by atoms with Gasteiger partial charge in [0, 0.05) is 27.6 Å². The molecule has 1 aliphatic carbocycles. The molecule has 35 heavy (non-hydrogen) atoms. The van der Waals surface area contributed by atoms with Gasteiger partial charge >= 0.3 is 0 Å². The molecule has 4 heteroatoms. The number of nitrogens with one attached hydrogen (secondary N) is 1. The minimum absolute atomic E-state index is 0.0360. The van der Waals surface area contributed by atoms with Crippen LogP contribution in [0.1, 0.15) is 55.8 Å². The molecule has 4 aromatic rings. The van der Waals surface area contributed by atoms with E-state index in [0.717, 1.165) is 59.3 Å². The van der Waals surface area contributed by atoms with Gasteiger partial charge in [-0.25, -0.2) is 0 Å². The summed E-state index contributed by atoms with van der Waals surface area (Å²) in [6, 6.07) is 26.9. The average molecular weight is 463 g/mol. The first kappa shape index (κ1) is 21.7. The molecule has 4 nitrogen and oxygen atoms in total. The van der Waals surface area contributed by atoms with E-state index in [1.807, 2.05) is 18.2 Å². The highest BCUT2D eigenvalue weighted by Crippen LogP contribution is 2.51. The molecule has 0 saturated heterocycles. The number of nitrogens with zero attached hydrogens (tertiary/aromatic N) is 1. The van der Waals surface area contributed by atoms with Crippen molar-refractivity contribution < 1.29 is 9.53 Å². The standard InChI is InChI=1S/C31H30N2O2/c1-20(21-11-4-3-5-12-21)33-30(24-15-6-7-16-25(24)31(33)34)28-26-17-8-9-18-27(26)32-29(28)22-13-10-14-23(19-22)35-2/h3-5,8-14,17-20,30,32H,6-7,15-16H2,1-2H3. The Kier molecular flexibility index (Phi) is 5.44. The molecular weight excluding hydrogens is 432 g/mol. The van der Waals surface area contributed by atoms with Crippen molar-refractivity contribution in [2.24, 2.45) is 0 Å². The van der Waals surface area contributed by atoms with Gasteiger partial charge in [0.25, 0.3) is 5.91 Å². The fourth-order valence-corrected chi connectivity index (χ4v) is 5.97. The molecule has 2 aliphatic rings. The Labute approximate surface area is 206 Å². The summed E-state index contributed by atoms with van der Waals surface area (Å²) >= 11 is 0. The minimum Gasteiger partial charge on any atom is -0.497 e. The lowest BCUT2D eigenvalue weighted by Gasteiger charge is -2.34. The molecule has 2 atom stereocenters. The van der Waals surface area contributed by atoms with E-state index in [-0.39, 0.29) is 18.0 Å². The number of carbonyl (C=O) groups excluding carboxylic acids is 1. The molecule has 2 heterocycles. The van der Waals surface area contributed by atoms with Gasteiger partial charge in [-0.3, -0.25) is 4.79 Å². The van der Waals surface area contributed by atoms with Crippen molar-refractivity contribution >= 4 is 16.8 Å². The third-order valence-corrected chi connectivity index (χ3v) is 7.69. The Morgan fingerprint density at radius 1 is 0.943 bits per heavy atom. The number of H-pyrrole nitrogens is 1. The van der Waals surface area contributed by atoms with Crippen molar-refractivity contribution in [2.45, 2.75) is 44.7 Å². The van der Waals surface area contributed by atoms with E-state index < -0.39 is 0 Å². The predicted octanol–water partition coefficient (Wildman–Crippen LogP) is 7.36. The molecule has 176 valence electrons. The van der Waals surface area contributed by atoms with Gasteiger partial charge in [0.2, 0.25) is 0 Å². The fourth-order valence-electron chi connectivity index (χ4n) is 5.97. The summed E-state index contributed by atoms with van der Waals surface area (Å²) in [6.45, 7) is 2.17. The fraction of sp³-hybridized carbons (Fsp3) is 0.258. The Hall–Kier alpha value is -3.79. The lowest BCUT2D eigenvalue weighted by atomic mass is 9.85. The van der Waals surface area contributed by atoms with Crippen LogP contribution in [0, 0.1) is 0 Å². The van der Waals surface area contributed by atoms with Gasteiger partial charge in [0.15, 0.2) is 0 Å². The highest BCUT2D eigenvalue weighted by molar-refractivity contribution is 6.01. The maximum Gasteiger partial charge on any atom is 0.251 e. The van der Waals surface area contributed by atoms with Crippen LogP contribution < -0.4 is 4.74 Å². The van der Waals surface area contributed by atoms with Gasteiger partial charge in [-0.15, -0.1) is 0 Å². The van der Waals surface area contributed by atoms with Gasteiger partial charge < -0.3 is 14.6 Å².